The summed E-state index contributed by atoms with van der Waals surface area (Å²) in [7, 11) is 3.49. The van der Waals surface area contributed by atoms with E-state index in [0.717, 1.165) is 24.5 Å². The zero-order chi connectivity index (χ0) is 13.1. The van der Waals surface area contributed by atoms with Crippen LogP contribution in [0.2, 0.25) is 5.02 Å². The molecule has 98 valence electrons. The van der Waals surface area contributed by atoms with Gasteiger partial charge in [-0.2, -0.15) is 0 Å². The van der Waals surface area contributed by atoms with Crippen molar-refractivity contribution >= 4 is 17.6 Å². The lowest BCUT2D eigenvalue weighted by molar-refractivity contribution is -0.148. The summed E-state index contributed by atoms with van der Waals surface area (Å²) in [5.74, 6) is 0.0161. The van der Waals surface area contributed by atoms with E-state index >= 15 is 0 Å². The molecule has 18 heavy (non-hydrogen) atoms. The fourth-order valence-corrected chi connectivity index (χ4v) is 2.74. The number of ether oxygens (including phenoxy) is 1. The van der Waals surface area contributed by atoms with Crippen molar-refractivity contribution in [1.29, 1.82) is 0 Å². The highest BCUT2D eigenvalue weighted by atomic mass is 35.5. The van der Waals surface area contributed by atoms with Crippen LogP contribution in [0.1, 0.15) is 17.9 Å². The van der Waals surface area contributed by atoms with Gasteiger partial charge in [0.25, 0.3) is 0 Å². The van der Waals surface area contributed by atoms with Gasteiger partial charge in [-0.1, -0.05) is 23.7 Å². The van der Waals surface area contributed by atoms with E-state index in [4.69, 9.17) is 16.3 Å². The highest BCUT2D eigenvalue weighted by molar-refractivity contribution is 6.30. The number of benzene rings is 1. The summed E-state index contributed by atoms with van der Waals surface area (Å²) < 4.78 is 4.92. The fourth-order valence-electron chi connectivity index (χ4n) is 2.61. The third-order valence-electron chi connectivity index (χ3n) is 3.62. The van der Waals surface area contributed by atoms with E-state index in [2.05, 4.69) is 4.90 Å². The minimum absolute atomic E-state index is 0.0880. The van der Waals surface area contributed by atoms with Gasteiger partial charge in [-0.15, -0.1) is 0 Å². The summed E-state index contributed by atoms with van der Waals surface area (Å²) >= 11 is 5.90. The van der Waals surface area contributed by atoms with Crippen LogP contribution in [0.25, 0.3) is 0 Å². The second-order valence-electron chi connectivity index (χ2n) is 4.84. The number of rotatable bonds is 2. The molecular formula is C14H18ClNO2. The maximum absolute atomic E-state index is 11.9. The highest BCUT2D eigenvalue weighted by Gasteiger charge is 2.34. The summed E-state index contributed by atoms with van der Waals surface area (Å²) in [6, 6.07) is 7.77. The first-order chi connectivity index (χ1) is 8.61. The minimum Gasteiger partial charge on any atom is -0.469 e. The van der Waals surface area contributed by atoms with Gasteiger partial charge >= 0.3 is 5.97 Å². The molecule has 0 aliphatic carbocycles. The Hall–Kier alpha value is -1.06. The van der Waals surface area contributed by atoms with E-state index < -0.39 is 0 Å². The first kappa shape index (κ1) is 13.4. The molecule has 0 radical (unpaired) electrons. The predicted octanol–water partition coefficient (Wildman–Crippen LogP) is 2.55. The maximum Gasteiger partial charge on any atom is 0.310 e. The Bertz CT molecular complexity index is 418. The van der Waals surface area contributed by atoms with Crippen molar-refractivity contribution in [2.75, 3.05) is 27.2 Å². The SMILES string of the molecule is COC(=O)[C@H]1CN(C)CC[C@@H]1c1ccc(Cl)cc1. The summed E-state index contributed by atoms with van der Waals surface area (Å²) in [5, 5.41) is 0.723. The molecule has 0 unspecified atom stereocenters. The van der Waals surface area contributed by atoms with Crippen molar-refractivity contribution in [3.8, 4) is 0 Å². The summed E-state index contributed by atoms with van der Waals surface area (Å²) in [6.45, 7) is 1.75. The Balaban J connectivity index is 2.23. The number of carbonyl (C=O) groups is 1. The molecule has 2 rings (SSSR count). The molecule has 0 aromatic heterocycles. The Morgan fingerprint density at radius 3 is 2.67 bits per heavy atom. The van der Waals surface area contributed by atoms with E-state index in [9.17, 15) is 4.79 Å². The minimum atomic E-state index is -0.124. The summed E-state index contributed by atoms with van der Waals surface area (Å²) in [4.78, 5) is 14.1. The number of esters is 1. The molecule has 3 nitrogen and oxygen atoms in total. The van der Waals surface area contributed by atoms with Gasteiger partial charge in [-0.05, 0) is 43.6 Å². The van der Waals surface area contributed by atoms with Crippen LogP contribution in [-0.2, 0) is 9.53 Å². The van der Waals surface area contributed by atoms with Crippen molar-refractivity contribution < 1.29 is 9.53 Å². The second kappa shape index (κ2) is 5.72. The summed E-state index contributed by atoms with van der Waals surface area (Å²) in [6.07, 6.45) is 0.970. The molecule has 0 amide bonds. The molecule has 1 aromatic carbocycles. The van der Waals surface area contributed by atoms with Crippen molar-refractivity contribution in [3.05, 3.63) is 34.9 Å². The first-order valence-electron chi connectivity index (χ1n) is 6.13. The zero-order valence-electron chi connectivity index (χ0n) is 10.7. The molecule has 1 aliphatic rings. The van der Waals surface area contributed by atoms with Crippen LogP contribution in [0.5, 0.6) is 0 Å². The van der Waals surface area contributed by atoms with Gasteiger partial charge in [-0.25, -0.2) is 0 Å². The van der Waals surface area contributed by atoms with Gasteiger partial charge in [0.1, 0.15) is 0 Å². The van der Waals surface area contributed by atoms with Crippen LogP contribution < -0.4 is 0 Å². The van der Waals surface area contributed by atoms with Crippen LogP contribution in [-0.4, -0.2) is 38.1 Å². The van der Waals surface area contributed by atoms with E-state index in [1.165, 1.54) is 12.7 Å². The molecule has 0 saturated carbocycles. The van der Waals surface area contributed by atoms with E-state index in [0.29, 0.717) is 0 Å². The topological polar surface area (TPSA) is 29.5 Å². The average Bonchev–Trinajstić information content (AvgIpc) is 2.39. The molecule has 1 aliphatic heterocycles. The largest absolute Gasteiger partial charge is 0.469 e. The number of carbonyl (C=O) groups excluding carboxylic acids is 1. The van der Waals surface area contributed by atoms with Gasteiger partial charge in [0.2, 0.25) is 0 Å². The molecule has 2 atom stereocenters. The quantitative estimate of drug-likeness (QED) is 0.772. The molecule has 1 heterocycles. The van der Waals surface area contributed by atoms with Gasteiger partial charge in [-0.3, -0.25) is 4.79 Å². The van der Waals surface area contributed by atoms with Crippen molar-refractivity contribution in [2.24, 2.45) is 5.92 Å². The molecule has 0 bridgehead atoms. The number of hydrogen-bond acceptors (Lipinski definition) is 3. The molecule has 1 fully saturated rings. The third kappa shape index (κ3) is 2.85. The zero-order valence-corrected chi connectivity index (χ0v) is 11.5. The van der Waals surface area contributed by atoms with Crippen LogP contribution >= 0.6 is 11.6 Å². The van der Waals surface area contributed by atoms with E-state index in [1.807, 2.05) is 31.3 Å². The average molecular weight is 268 g/mol. The molecule has 1 aromatic rings. The maximum atomic E-state index is 11.9. The van der Waals surface area contributed by atoms with E-state index in [1.54, 1.807) is 0 Å². The molecule has 1 saturated heterocycles. The molecule has 0 spiro atoms. The van der Waals surface area contributed by atoms with Crippen molar-refractivity contribution in [1.82, 2.24) is 4.90 Å². The smallest absolute Gasteiger partial charge is 0.310 e. The standard InChI is InChI=1S/C14H18ClNO2/c1-16-8-7-12(13(9-16)14(17)18-2)10-3-5-11(15)6-4-10/h3-6,12-13H,7-9H2,1-2H3/t12-,13+/m1/s1. The molecule has 4 heteroatoms. The lowest BCUT2D eigenvalue weighted by Gasteiger charge is -2.35. The molecular weight excluding hydrogens is 250 g/mol. The fraction of sp³-hybridized carbons (Fsp3) is 0.500. The predicted molar refractivity (Wildman–Crippen MR) is 71.8 cm³/mol. The van der Waals surface area contributed by atoms with Crippen LogP contribution in [0.4, 0.5) is 0 Å². The van der Waals surface area contributed by atoms with Crippen LogP contribution in [0.15, 0.2) is 24.3 Å². The van der Waals surface area contributed by atoms with Crippen molar-refractivity contribution in [3.63, 3.8) is 0 Å². The van der Waals surface area contributed by atoms with Gasteiger partial charge in [0.15, 0.2) is 0 Å². The lowest BCUT2D eigenvalue weighted by Crippen LogP contribution is -2.41. The highest BCUT2D eigenvalue weighted by Crippen LogP contribution is 2.33. The number of halogens is 1. The number of likely N-dealkylation sites (tertiary alicyclic amines) is 1. The number of hydrogen-bond donors (Lipinski definition) is 0. The lowest BCUT2D eigenvalue weighted by atomic mass is 9.80. The second-order valence-corrected chi connectivity index (χ2v) is 5.28. The number of piperidine rings is 1. The Labute approximate surface area is 113 Å². The van der Waals surface area contributed by atoms with Crippen LogP contribution in [0, 0.1) is 5.92 Å². The monoisotopic (exact) mass is 267 g/mol. The van der Waals surface area contributed by atoms with Gasteiger partial charge < -0.3 is 9.64 Å². The van der Waals surface area contributed by atoms with Crippen molar-refractivity contribution in [2.45, 2.75) is 12.3 Å². The normalized spacial score (nSPS) is 24.8. The summed E-state index contributed by atoms with van der Waals surface area (Å²) in [5.41, 5.74) is 1.17. The van der Waals surface area contributed by atoms with E-state index in [-0.39, 0.29) is 17.8 Å². The third-order valence-corrected chi connectivity index (χ3v) is 3.87. The Morgan fingerprint density at radius 1 is 1.39 bits per heavy atom. The Morgan fingerprint density at radius 2 is 2.06 bits per heavy atom. The first-order valence-corrected chi connectivity index (χ1v) is 6.51. The van der Waals surface area contributed by atoms with Crippen LogP contribution in [0.3, 0.4) is 0 Å². The Kier molecular flexibility index (Phi) is 4.25. The molecule has 0 N–H and O–H groups in total. The van der Waals surface area contributed by atoms with Gasteiger partial charge in [0, 0.05) is 11.6 Å². The van der Waals surface area contributed by atoms with Gasteiger partial charge in [0.05, 0.1) is 13.0 Å². The number of nitrogens with zero attached hydrogens (tertiary/aromatic N) is 1. The number of methoxy groups -OCH3 is 1.